The summed E-state index contributed by atoms with van der Waals surface area (Å²) in [5.74, 6) is 0. The molecule has 0 amide bonds. The van der Waals surface area contributed by atoms with Crippen molar-refractivity contribution in [1.29, 1.82) is 0 Å². The van der Waals surface area contributed by atoms with Crippen molar-refractivity contribution in [2.45, 2.75) is 36.7 Å². The normalized spacial score (nSPS) is 20.1. The number of nitrogens with zero attached hydrogens (tertiary/aromatic N) is 3. The summed E-state index contributed by atoms with van der Waals surface area (Å²) in [6, 6.07) is 5.91. The quantitative estimate of drug-likeness (QED) is 0.931. The van der Waals surface area contributed by atoms with Gasteiger partial charge < -0.3 is 0 Å². The van der Waals surface area contributed by atoms with Crippen LogP contribution in [0.2, 0.25) is 0 Å². The Kier molecular flexibility index (Phi) is 4.26. The monoisotopic (exact) mass is 320 g/mol. The van der Waals surface area contributed by atoms with Crippen LogP contribution in [0.25, 0.3) is 0 Å². The lowest BCUT2D eigenvalue weighted by Gasteiger charge is -2.35. The summed E-state index contributed by atoms with van der Waals surface area (Å²) in [4.78, 5) is 6.97. The van der Waals surface area contributed by atoms with Gasteiger partial charge in [-0.1, -0.05) is 12.5 Å². The maximum atomic E-state index is 11.9. The predicted molar refractivity (Wildman–Crippen MR) is 82.9 cm³/mol. The Labute approximate surface area is 130 Å². The molecule has 0 spiro atoms. The fourth-order valence-electron chi connectivity index (χ4n) is 3.03. The molecule has 7 heteroatoms. The SMILES string of the molecule is CS(=O)(=O)c1cn[nH]c1[C@H]1CCCCN1Cc1ccccn1. The molecule has 0 aromatic carbocycles. The van der Waals surface area contributed by atoms with E-state index >= 15 is 0 Å². The highest BCUT2D eigenvalue weighted by atomic mass is 32.2. The summed E-state index contributed by atoms with van der Waals surface area (Å²) in [6.07, 6.45) is 7.56. The molecule has 118 valence electrons. The number of piperidine rings is 1. The average Bonchev–Trinajstić information content (AvgIpc) is 2.98. The maximum Gasteiger partial charge on any atom is 0.178 e. The van der Waals surface area contributed by atoms with Crippen molar-refractivity contribution in [3.63, 3.8) is 0 Å². The van der Waals surface area contributed by atoms with Crippen LogP contribution in [-0.4, -0.2) is 41.3 Å². The number of rotatable bonds is 4. The first-order valence-corrected chi connectivity index (χ1v) is 9.32. The summed E-state index contributed by atoms with van der Waals surface area (Å²) in [7, 11) is -3.27. The van der Waals surface area contributed by atoms with E-state index in [2.05, 4.69) is 20.1 Å². The van der Waals surface area contributed by atoms with Crippen LogP contribution < -0.4 is 0 Å². The second kappa shape index (κ2) is 6.18. The topological polar surface area (TPSA) is 79.0 Å². The first-order chi connectivity index (χ1) is 10.6. The largest absolute Gasteiger partial charge is 0.289 e. The summed E-state index contributed by atoms with van der Waals surface area (Å²) >= 11 is 0. The minimum atomic E-state index is -3.27. The van der Waals surface area contributed by atoms with Crippen molar-refractivity contribution in [2.75, 3.05) is 12.8 Å². The van der Waals surface area contributed by atoms with Gasteiger partial charge in [0.05, 0.1) is 23.6 Å². The minimum absolute atomic E-state index is 0.0444. The van der Waals surface area contributed by atoms with Crippen LogP contribution >= 0.6 is 0 Å². The van der Waals surface area contributed by atoms with Gasteiger partial charge in [0.2, 0.25) is 0 Å². The van der Waals surface area contributed by atoms with Gasteiger partial charge in [0.1, 0.15) is 4.90 Å². The highest BCUT2D eigenvalue weighted by Gasteiger charge is 2.30. The number of aromatic amines is 1. The molecule has 3 heterocycles. The lowest BCUT2D eigenvalue weighted by atomic mass is 9.99. The standard InChI is InChI=1S/C15H20N4O2S/c1-22(20,21)14-10-17-18-15(14)13-7-3-5-9-19(13)11-12-6-2-4-8-16-12/h2,4,6,8,10,13H,3,5,7,9,11H2,1H3,(H,17,18)/t13-/m1/s1. The number of hydrogen-bond donors (Lipinski definition) is 1. The van der Waals surface area contributed by atoms with E-state index in [1.54, 1.807) is 6.20 Å². The Morgan fingerprint density at radius 3 is 2.95 bits per heavy atom. The zero-order chi connectivity index (χ0) is 15.6. The number of pyridine rings is 1. The smallest absolute Gasteiger partial charge is 0.178 e. The predicted octanol–water partition coefficient (Wildman–Crippen LogP) is 1.94. The maximum absolute atomic E-state index is 11.9. The van der Waals surface area contributed by atoms with Crippen molar-refractivity contribution in [3.8, 4) is 0 Å². The molecule has 2 aromatic heterocycles. The number of likely N-dealkylation sites (tertiary alicyclic amines) is 1. The second-order valence-electron chi connectivity index (χ2n) is 5.72. The summed E-state index contributed by atoms with van der Waals surface area (Å²) in [6.45, 7) is 1.65. The third kappa shape index (κ3) is 3.20. The van der Waals surface area contributed by atoms with Crippen LogP contribution in [0.15, 0.2) is 35.5 Å². The lowest BCUT2D eigenvalue weighted by Crippen LogP contribution is -2.34. The minimum Gasteiger partial charge on any atom is -0.289 e. The van der Waals surface area contributed by atoms with Crippen molar-refractivity contribution in [1.82, 2.24) is 20.1 Å². The van der Waals surface area contributed by atoms with Crippen LogP contribution in [-0.2, 0) is 16.4 Å². The number of hydrogen-bond acceptors (Lipinski definition) is 5. The average molecular weight is 320 g/mol. The molecule has 2 aromatic rings. The van der Waals surface area contributed by atoms with Crippen LogP contribution in [0.4, 0.5) is 0 Å². The Morgan fingerprint density at radius 2 is 2.23 bits per heavy atom. The van der Waals surface area contributed by atoms with Gasteiger partial charge in [0.15, 0.2) is 9.84 Å². The highest BCUT2D eigenvalue weighted by Crippen LogP contribution is 2.33. The molecule has 22 heavy (non-hydrogen) atoms. The fourth-order valence-corrected chi connectivity index (χ4v) is 3.85. The van der Waals surface area contributed by atoms with Crippen molar-refractivity contribution < 1.29 is 8.42 Å². The summed E-state index contributed by atoms with van der Waals surface area (Å²) in [5.41, 5.74) is 1.70. The highest BCUT2D eigenvalue weighted by molar-refractivity contribution is 7.90. The van der Waals surface area contributed by atoms with E-state index in [1.807, 2.05) is 18.2 Å². The molecule has 1 aliphatic heterocycles. The number of sulfone groups is 1. The number of H-pyrrole nitrogens is 1. The van der Waals surface area contributed by atoms with E-state index in [4.69, 9.17) is 0 Å². The summed E-state index contributed by atoms with van der Waals surface area (Å²) in [5, 5.41) is 6.87. The molecule has 0 unspecified atom stereocenters. The van der Waals surface area contributed by atoms with Gasteiger partial charge in [-0.05, 0) is 31.5 Å². The van der Waals surface area contributed by atoms with E-state index in [-0.39, 0.29) is 6.04 Å². The van der Waals surface area contributed by atoms with E-state index in [0.29, 0.717) is 17.1 Å². The summed E-state index contributed by atoms with van der Waals surface area (Å²) < 4.78 is 23.9. The van der Waals surface area contributed by atoms with Crippen molar-refractivity contribution in [3.05, 3.63) is 42.0 Å². The molecule has 0 saturated carbocycles. The molecule has 0 bridgehead atoms. The van der Waals surface area contributed by atoms with Gasteiger partial charge in [-0.15, -0.1) is 0 Å². The molecule has 0 aliphatic carbocycles. The van der Waals surface area contributed by atoms with Gasteiger partial charge in [0.25, 0.3) is 0 Å². The Morgan fingerprint density at radius 1 is 1.36 bits per heavy atom. The van der Waals surface area contributed by atoms with Crippen LogP contribution in [0.3, 0.4) is 0 Å². The van der Waals surface area contributed by atoms with Gasteiger partial charge >= 0.3 is 0 Å². The number of nitrogens with one attached hydrogen (secondary N) is 1. The fraction of sp³-hybridized carbons (Fsp3) is 0.467. The molecule has 1 saturated heterocycles. The Hall–Kier alpha value is -1.73. The van der Waals surface area contributed by atoms with Gasteiger partial charge in [-0.3, -0.25) is 15.0 Å². The van der Waals surface area contributed by atoms with Gasteiger partial charge in [-0.25, -0.2) is 8.42 Å². The molecule has 1 atom stereocenters. The third-order valence-electron chi connectivity index (χ3n) is 4.07. The van der Waals surface area contributed by atoms with Crippen molar-refractivity contribution >= 4 is 9.84 Å². The molecule has 0 radical (unpaired) electrons. The molecular formula is C15H20N4O2S. The first kappa shape index (κ1) is 15.2. The number of aromatic nitrogens is 3. The van der Waals surface area contributed by atoms with Gasteiger partial charge in [0, 0.05) is 19.0 Å². The Bertz CT molecular complexity index is 727. The first-order valence-electron chi connectivity index (χ1n) is 7.43. The van der Waals surface area contributed by atoms with Crippen LogP contribution in [0.5, 0.6) is 0 Å². The van der Waals surface area contributed by atoms with Crippen molar-refractivity contribution in [2.24, 2.45) is 0 Å². The molecule has 1 fully saturated rings. The zero-order valence-corrected chi connectivity index (χ0v) is 13.4. The van der Waals surface area contributed by atoms with E-state index in [1.165, 1.54) is 12.5 Å². The van der Waals surface area contributed by atoms with Crippen LogP contribution in [0.1, 0.15) is 36.7 Å². The second-order valence-corrected chi connectivity index (χ2v) is 7.71. The van der Waals surface area contributed by atoms with Crippen LogP contribution in [0, 0.1) is 0 Å². The van der Waals surface area contributed by atoms with E-state index < -0.39 is 9.84 Å². The Balaban J connectivity index is 1.89. The van der Waals surface area contributed by atoms with E-state index in [9.17, 15) is 8.42 Å². The van der Waals surface area contributed by atoms with Gasteiger partial charge in [-0.2, -0.15) is 5.10 Å². The molecule has 3 rings (SSSR count). The molecule has 1 aliphatic rings. The third-order valence-corrected chi connectivity index (χ3v) is 5.19. The molecular weight excluding hydrogens is 300 g/mol. The van der Waals surface area contributed by atoms with E-state index in [0.717, 1.165) is 31.5 Å². The molecule has 1 N–H and O–H groups in total. The zero-order valence-electron chi connectivity index (χ0n) is 12.6. The molecule has 6 nitrogen and oxygen atoms in total. The lowest BCUT2D eigenvalue weighted by molar-refractivity contribution is 0.133.